The highest BCUT2D eigenvalue weighted by Crippen LogP contribution is 2.52. The van der Waals surface area contributed by atoms with Crippen LogP contribution in [0.3, 0.4) is 0 Å². The van der Waals surface area contributed by atoms with E-state index in [1.807, 2.05) is 0 Å². The molecule has 1 heterocycles. The summed E-state index contributed by atoms with van der Waals surface area (Å²) in [6.07, 6.45) is 2.32. The van der Waals surface area contributed by atoms with E-state index in [1.165, 1.54) is 11.3 Å². The van der Waals surface area contributed by atoms with Gasteiger partial charge in [-0.2, -0.15) is 0 Å². The van der Waals surface area contributed by atoms with E-state index in [-0.39, 0.29) is 5.78 Å². The van der Waals surface area contributed by atoms with E-state index in [2.05, 4.69) is 4.90 Å². The molecule has 6 heteroatoms. The van der Waals surface area contributed by atoms with Gasteiger partial charge in [-0.3, -0.25) is 4.79 Å². The van der Waals surface area contributed by atoms with Crippen molar-refractivity contribution >= 4 is 27.8 Å². The number of methoxy groups -OCH3 is 2. The number of carbonyl (C=O) groups excluding carboxylic acids is 1. The molecule has 0 saturated heterocycles. The number of rotatable bonds is 9. The van der Waals surface area contributed by atoms with Crippen molar-refractivity contribution in [1.29, 1.82) is 0 Å². The number of nitrogen functional groups attached to an aromatic ring is 1. The van der Waals surface area contributed by atoms with Crippen molar-refractivity contribution in [2.75, 3.05) is 51.2 Å². The van der Waals surface area contributed by atoms with Crippen LogP contribution < -0.4 is 10.6 Å². The second kappa shape index (κ2) is 7.24. The molecule has 5 nitrogen and oxygen atoms in total. The second-order valence-corrected chi connectivity index (χ2v) is 6.37. The molecule has 0 radical (unpaired) electrons. The average molecular weight is 312 g/mol. The lowest BCUT2D eigenvalue weighted by Crippen LogP contribution is -2.30. The molecule has 2 rings (SSSR count). The van der Waals surface area contributed by atoms with Crippen LogP contribution in [0.1, 0.15) is 40.9 Å². The lowest BCUT2D eigenvalue weighted by molar-refractivity contribution is 0.102. The van der Waals surface area contributed by atoms with Gasteiger partial charge in [-0.25, -0.2) is 0 Å². The minimum atomic E-state index is 0.0454. The Morgan fingerprint density at radius 3 is 2.29 bits per heavy atom. The van der Waals surface area contributed by atoms with Crippen molar-refractivity contribution in [2.45, 2.75) is 25.7 Å². The number of carbonyl (C=O) groups is 1. The molecule has 0 amide bonds. The third-order valence-electron chi connectivity index (χ3n) is 3.69. The summed E-state index contributed by atoms with van der Waals surface area (Å²) in [5, 5.41) is 1.12. The monoisotopic (exact) mass is 312 g/mol. The van der Waals surface area contributed by atoms with Crippen molar-refractivity contribution in [3.63, 3.8) is 0 Å². The van der Waals surface area contributed by atoms with Crippen molar-refractivity contribution in [1.82, 2.24) is 0 Å². The molecule has 1 saturated carbocycles. The van der Waals surface area contributed by atoms with Gasteiger partial charge in [0.1, 0.15) is 0 Å². The Hall–Kier alpha value is -1.11. The Labute approximate surface area is 130 Å². The van der Waals surface area contributed by atoms with Crippen molar-refractivity contribution in [3.8, 4) is 0 Å². The van der Waals surface area contributed by atoms with E-state index in [0.29, 0.717) is 29.7 Å². The summed E-state index contributed by atoms with van der Waals surface area (Å²) in [5.74, 6) is 0.557. The maximum absolute atomic E-state index is 11.8. The maximum atomic E-state index is 11.8. The third-order valence-corrected chi connectivity index (χ3v) is 5.07. The number of nitrogens with zero attached hydrogens (tertiary/aromatic N) is 1. The van der Waals surface area contributed by atoms with E-state index >= 15 is 0 Å². The predicted molar refractivity (Wildman–Crippen MR) is 86.7 cm³/mol. The van der Waals surface area contributed by atoms with Crippen LogP contribution in [0, 0.1) is 0 Å². The Kier molecular flexibility index (Phi) is 5.61. The highest BCUT2D eigenvalue weighted by molar-refractivity contribution is 7.18. The number of ether oxygens (including phenoxy) is 2. The SMILES string of the molecule is COCCN(CCOC)c1sc(C(C)=O)c(N)c1C1CC1. The zero-order valence-corrected chi connectivity index (χ0v) is 13.8. The van der Waals surface area contributed by atoms with Crippen LogP contribution in [-0.4, -0.2) is 46.3 Å². The number of hydrogen-bond acceptors (Lipinski definition) is 6. The predicted octanol–water partition coefficient (Wildman–Crippen LogP) is 2.51. The molecule has 1 aliphatic rings. The third kappa shape index (κ3) is 3.75. The molecule has 1 aromatic heterocycles. The summed E-state index contributed by atoms with van der Waals surface area (Å²) >= 11 is 1.51. The van der Waals surface area contributed by atoms with Gasteiger partial charge < -0.3 is 20.1 Å². The quantitative estimate of drug-likeness (QED) is 0.710. The van der Waals surface area contributed by atoms with Crippen LogP contribution in [0.4, 0.5) is 10.7 Å². The van der Waals surface area contributed by atoms with Gasteiger partial charge in [0.05, 0.1) is 28.8 Å². The molecular weight excluding hydrogens is 288 g/mol. The summed E-state index contributed by atoms with van der Waals surface area (Å²) in [5.41, 5.74) is 8.09. The first kappa shape index (κ1) is 16.3. The highest BCUT2D eigenvalue weighted by Gasteiger charge is 2.33. The van der Waals surface area contributed by atoms with Gasteiger partial charge in [0.2, 0.25) is 0 Å². The average Bonchev–Trinajstić information content (AvgIpc) is 3.22. The van der Waals surface area contributed by atoms with Crippen LogP contribution in [0.15, 0.2) is 0 Å². The fraction of sp³-hybridized carbons (Fsp3) is 0.667. The van der Waals surface area contributed by atoms with Crippen LogP contribution in [0.2, 0.25) is 0 Å². The van der Waals surface area contributed by atoms with Gasteiger partial charge in [0, 0.05) is 39.8 Å². The van der Waals surface area contributed by atoms with Gasteiger partial charge in [-0.1, -0.05) is 0 Å². The smallest absolute Gasteiger partial charge is 0.171 e. The van der Waals surface area contributed by atoms with Crippen LogP contribution >= 0.6 is 11.3 Å². The number of Topliss-reactive ketones (excluding diaryl/α,β-unsaturated/α-hetero) is 1. The maximum Gasteiger partial charge on any atom is 0.171 e. The Morgan fingerprint density at radius 1 is 1.29 bits per heavy atom. The zero-order valence-electron chi connectivity index (χ0n) is 13.0. The van der Waals surface area contributed by atoms with E-state index in [1.54, 1.807) is 21.1 Å². The molecule has 0 spiro atoms. The summed E-state index contributed by atoms with van der Waals surface area (Å²) in [6.45, 7) is 4.41. The minimum absolute atomic E-state index is 0.0454. The van der Waals surface area contributed by atoms with Crippen molar-refractivity contribution in [3.05, 3.63) is 10.4 Å². The number of anilines is 2. The fourth-order valence-electron chi connectivity index (χ4n) is 2.42. The molecule has 1 aromatic rings. The topological polar surface area (TPSA) is 64.8 Å². The molecular formula is C15H24N2O3S. The van der Waals surface area contributed by atoms with Crippen LogP contribution in [0.25, 0.3) is 0 Å². The number of ketones is 1. The molecule has 21 heavy (non-hydrogen) atoms. The molecule has 118 valence electrons. The van der Waals surface area contributed by atoms with Crippen molar-refractivity contribution < 1.29 is 14.3 Å². The van der Waals surface area contributed by atoms with Gasteiger partial charge in [0.25, 0.3) is 0 Å². The van der Waals surface area contributed by atoms with Gasteiger partial charge in [0.15, 0.2) is 5.78 Å². The van der Waals surface area contributed by atoms with Gasteiger partial charge in [-0.05, 0) is 18.8 Å². The summed E-state index contributed by atoms with van der Waals surface area (Å²) in [4.78, 5) is 14.7. The minimum Gasteiger partial charge on any atom is -0.397 e. The molecule has 0 aliphatic heterocycles. The number of thiophene rings is 1. The van der Waals surface area contributed by atoms with E-state index in [4.69, 9.17) is 15.2 Å². The molecule has 0 aromatic carbocycles. The molecule has 0 atom stereocenters. The van der Waals surface area contributed by atoms with E-state index in [0.717, 1.165) is 36.5 Å². The Balaban J connectivity index is 2.32. The largest absolute Gasteiger partial charge is 0.397 e. The van der Waals surface area contributed by atoms with Crippen molar-refractivity contribution in [2.24, 2.45) is 0 Å². The molecule has 2 N–H and O–H groups in total. The molecule has 0 unspecified atom stereocenters. The zero-order chi connectivity index (χ0) is 15.4. The fourth-order valence-corrected chi connectivity index (χ4v) is 3.68. The molecule has 1 aliphatic carbocycles. The van der Waals surface area contributed by atoms with Crippen LogP contribution in [-0.2, 0) is 9.47 Å². The standard InChI is InChI=1S/C15H24N2O3S/c1-10(18)14-13(16)12(11-4-5-11)15(21-14)17(6-8-19-2)7-9-20-3/h11H,4-9,16H2,1-3H3. The normalized spacial score (nSPS) is 14.4. The first-order valence-corrected chi connectivity index (χ1v) is 8.07. The second-order valence-electron chi connectivity index (χ2n) is 5.37. The van der Waals surface area contributed by atoms with E-state index in [9.17, 15) is 4.79 Å². The first-order chi connectivity index (χ1) is 10.1. The Bertz CT molecular complexity index is 489. The van der Waals surface area contributed by atoms with Gasteiger partial charge >= 0.3 is 0 Å². The number of nitrogens with two attached hydrogens (primary N) is 1. The number of hydrogen-bond donors (Lipinski definition) is 1. The summed E-state index contributed by atoms with van der Waals surface area (Å²) < 4.78 is 10.4. The Morgan fingerprint density at radius 2 is 1.86 bits per heavy atom. The molecule has 0 bridgehead atoms. The van der Waals surface area contributed by atoms with Gasteiger partial charge in [-0.15, -0.1) is 11.3 Å². The lowest BCUT2D eigenvalue weighted by Gasteiger charge is -2.24. The first-order valence-electron chi connectivity index (χ1n) is 7.26. The van der Waals surface area contributed by atoms with Crippen LogP contribution in [0.5, 0.6) is 0 Å². The summed E-state index contributed by atoms with van der Waals surface area (Å²) in [6, 6.07) is 0. The highest BCUT2D eigenvalue weighted by atomic mass is 32.1. The lowest BCUT2D eigenvalue weighted by atomic mass is 10.1. The molecule has 1 fully saturated rings. The van der Waals surface area contributed by atoms with E-state index < -0.39 is 0 Å². The summed E-state index contributed by atoms with van der Waals surface area (Å²) in [7, 11) is 3.39.